The van der Waals surface area contributed by atoms with Crippen LogP contribution in [0.1, 0.15) is 54.0 Å². The molecule has 0 radical (unpaired) electrons. The monoisotopic (exact) mass is 498 g/mol. The van der Waals surface area contributed by atoms with Crippen molar-refractivity contribution in [2.75, 3.05) is 20.6 Å². The predicted octanol–water partition coefficient (Wildman–Crippen LogP) is 3.55. The second kappa shape index (κ2) is 11.3. The van der Waals surface area contributed by atoms with Crippen molar-refractivity contribution in [3.05, 3.63) is 47.7 Å². The lowest BCUT2D eigenvalue weighted by molar-refractivity contribution is -0.139. The lowest BCUT2D eigenvalue weighted by Crippen LogP contribution is -2.60. The molecule has 8 heteroatoms. The number of nitrogens with zero attached hydrogens (tertiary/aromatic N) is 2. The van der Waals surface area contributed by atoms with Gasteiger partial charge in [-0.05, 0) is 37.9 Å². The molecule has 0 saturated carbocycles. The number of para-hydroxylation sites is 1. The SMILES string of the molecule is CCn1cc(C(C)(C)C(NC)C(=O)NC(C(=O)N(C)C/C=C(\C)C(=O)O)C(C)(C)C)c2ccccc21. The Kier molecular flexibility index (Phi) is 9.13. The van der Waals surface area contributed by atoms with Crippen LogP contribution >= 0.6 is 0 Å². The summed E-state index contributed by atoms with van der Waals surface area (Å²) in [4.78, 5) is 39.6. The van der Waals surface area contributed by atoms with Gasteiger partial charge in [-0.2, -0.15) is 0 Å². The molecule has 0 spiro atoms. The first-order chi connectivity index (χ1) is 16.7. The van der Waals surface area contributed by atoms with Crippen molar-refractivity contribution in [3.63, 3.8) is 0 Å². The third-order valence-electron chi connectivity index (χ3n) is 6.88. The van der Waals surface area contributed by atoms with Crippen LogP contribution in [0.25, 0.3) is 10.9 Å². The average Bonchev–Trinajstić information content (AvgIpc) is 3.19. The topological polar surface area (TPSA) is 104 Å². The smallest absolute Gasteiger partial charge is 0.331 e. The van der Waals surface area contributed by atoms with Gasteiger partial charge in [-0.15, -0.1) is 0 Å². The van der Waals surface area contributed by atoms with Crippen LogP contribution in [-0.2, 0) is 26.3 Å². The first kappa shape index (κ1) is 29.1. The molecule has 2 amide bonds. The molecule has 0 saturated heterocycles. The Hall–Kier alpha value is -3.13. The molecule has 36 heavy (non-hydrogen) atoms. The zero-order valence-corrected chi connectivity index (χ0v) is 23.1. The highest BCUT2D eigenvalue weighted by Gasteiger charge is 2.41. The van der Waals surface area contributed by atoms with E-state index < -0.39 is 28.9 Å². The summed E-state index contributed by atoms with van der Waals surface area (Å²) in [5, 5.41) is 16.4. The van der Waals surface area contributed by atoms with Crippen molar-refractivity contribution in [1.82, 2.24) is 20.1 Å². The van der Waals surface area contributed by atoms with E-state index in [9.17, 15) is 14.4 Å². The van der Waals surface area contributed by atoms with Crippen LogP contribution in [-0.4, -0.2) is 65.1 Å². The van der Waals surface area contributed by atoms with Gasteiger partial charge in [0.25, 0.3) is 0 Å². The third-order valence-corrected chi connectivity index (χ3v) is 6.88. The zero-order chi connectivity index (χ0) is 27.4. The third kappa shape index (κ3) is 6.16. The van der Waals surface area contributed by atoms with E-state index in [4.69, 9.17) is 5.11 Å². The van der Waals surface area contributed by atoms with E-state index in [-0.39, 0.29) is 23.9 Å². The van der Waals surface area contributed by atoms with Crippen LogP contribution in [0, 0.1) is 5.41 Å². The number of carbonyl (C=O) groups excluding carboxylic acids is 2. The Morgan fingerprint density at radius 2 is 1.72 bits per heavy atom. The number of aliphatic carboxylic acids is 1. The molecule has 1 heterocycles. The van der Waals surface area contributed by atoms with Crippen molar-refractivity contribution in [3.8, 4) is 0 Å². The molecular weight excluding hydrogens is 456 g/mol. The molecule has 2 aromatic rings. The fraction of sp³-hybridized carbons (Fsp3) is 0.536. The van der Waals surface area contributed by atoms with Gasteiger partial charge in [-0.3, -0.25) is 9.59 Å². The van der Waals surface area contributed by atoms with Crippen molar-refractivity contribution in [2.45, 2.75) is 72.5 Å². The van der Waals surface area contributed by atoms with Gasteiger partial charge in [0.15, 0.2) is 0 Å². The second-order valence-electron chi connectivity index (χ2n) is 11.0. The van der Waals surface area contributed by atoms with Crippen LogP contribution < -0.4 is 10.6 Å². The number of carbonyl (C=O) groups is 3. The van der Waals surface area contributed by atoms with Gasteiger partial charge in [-0.25, -0.2) is 4.79 Å². The largest absolute Gasteiger partial charge is 0.478 e. The van der Waals surface area contributed by atoms with E-state index in [2.05, 4.69) is 40.5 Å². The van der Waals surface area contributed by atoms with Crippen LogP contribution in [0.4, 0.5) is 0 Å². The highest BCUT2D eigenvalue weighted by molar-refractivity contribution is 5.93. The molecular formula is C28H42N4O4. The summed E-state index contributed by atoms with van der Waals surface area (Å²) in [6, 6.07) is 6.77. The van der Waals surface area contributed by atoms with E-state index >= 15 is 0 Å². The molecule has 2 unspecified atom stereocenters. The lowest BCUT2D eigenvalue weighted by atomic mass is 9.76. The minimum absolute atomic E-state index is 0.136. The summed E-state index contributed by atoms with van der Waals surface area (Å²) in [6.07, 6.45) is 3.60. The number of amides is 2. The predicted molar refractivity (Wildman–Crippen MR) is 144 cm³/mol. The number of carboxylic acid groups (broad SMARTS) is 1. The Bertz CT molecular complexity index is 1140. The summed E-state index contributed by atoms with van der Waals surface area (Å²) in [7, 11) is 3.36. The normalized spacial score (nSPS) is 14.4. The van der Waals surface area contributed by atoms with Crippen molar-refractivity contribution in [1.29, 1.82) is 0 Å². The van der Waals surface area contributed by atoms with E-state index in [1.807, 2.05) is 46.8 Å². The molecule has 198 valence electrons. The second-order valence-corrected chi connectivity index (χ2v) is 11.0. The number of benzene rings is 1. The maximum Gasteiger partial charge on any atom is 0.331 e. The molecule has 1 aromatic heterocycles. The number of hydrogen-bond donors (Lipinski definition) is 3. The van der Waals surface area contributed by atoms with Gasteiger partial charge in [0.1, 0.15) is 6.04 Å². The summed E-state index contributed by atoms with van der Waals surface area (Å²) in [5.41, 5.74) is 1.19. The number of nitrogens with one attached hydrogen (secondary N) is 2. The molecule has 1 aromatic carbocycles. The number of carboxylic acids is 1. The molecule has 0 aliphatic heterocycles. The molecule has 2 rings (SSSR count). The number of likely N-dealkylation sites (N-methyl/N-ethyl adjacent to an activating group) is 2. The number of aryl methyl sites for hydroxylation is 1. The summed E-state index contributed by atoms with van der Waals surface area (Å²) in [6.45, 7) is 14.3. The van der Waals surface area contributed by atoms with Gasteiger partial charge in [0, 0.05) is 48.2 Å². The van der Waals surface area contributed by atoms with Crippen LogP contribution in [0.2, 0.25) is 0 Å². The Balaban J connectivity index is 2.37. The van der Waals surface area contributed by atoms with Crippen LogP contribution in [0.3, 0.4) is 0 Å². The maximum atomic E-state index is 13.7. The van der Waals surface area contributed by atoms with E-state index in [0.717, 1.165) is 23.0 Å². The van der Waals surface area contributed by atoms with Gasteiger partial charge in [0.05, 0.1) is 6.04 Å². The first-order valence-electron chi connectivity index (χ1n) is 12.4. The minimum atomic E-state index is -1.03. The molecule has 0 aliphatic rings. The Labute approximate surface area is 214 Å². The average molecular weight is 499 g/mol. The van der Waals surface area contributed by atoms with Gasteiger partial charge in [0.2, 0.25) is 11.8 Å². The minimum Gasteiger partial charge on any atom is -0.478 e. The Morgan fingerprint density at radius 3 is 2.25 bits per heavy atom. The van der Waals surface area contributed by atoms with Gasteiger partial charge < -0.3 is 25.2 Å². The number of aromatic nitrogens is 1. The quantitative estimate of drug-likeness (QED) is 0.435. The van der Waals surface area contributed by atoms with E-state index in [1.54, 1.807) is 14.1 Å². The maximum absolute atomic E-state index is 13.7. The summed E-state index contributed by atoms with van der Waals surface area (Å²) < 4.78 is 2.18. The van der Waals surface area contributed by atoms with Crippen molar-refractivity contribution >= 4 is 28.7 Å². The van der Waals surface area contributed by atoms with Gasteiger partial charge >= 0.3 is 5.97 Å². The first-order valence-corrected chi connectivity index (χ1v) is 12.4. The lowest BCUT2D eigenvalue weighted by Gasteiger charge is -2.38. The summed E-state index contributed by atoms with van der Waals surface area (Å²) in [5.74, 6) is -1.57. The highest BCUT2D eigenvalue weighted by Crippen LogP contribution is 2.35. The van der Waals surface area contributed by atoms with Gasteiger partial charge in [-0.1, -0.05) is 58.9 Å². The number of rotatable bonds is 10. The van der Waals surface area contributed by atoms with E-state index in [0.29, 0.717) is 0 Å². The van der Waals surface area contributed by atoms with Crippen molar-refractivity contribution < 1.29 is 19.5 Å². The van der Waals surface area contributed by atoms with E-state index in [1.165, 1.54) is 17.9 Å². The molecule has 0 fully saturated rings. The molecule has 0 bridgehead atoms. The van der Waals surface area contributed by atoms with Crippen LogP contribution in [0.15, 0.2) is 42.1 Å². The van der Waals surface area contributed by atoms with Crippen molar-refractivity contribution in [2.24, 2.45) is 5.41 Å². The molecule has 2 atom stereocenters. The molecule has 8 nitrogen and oxygen atoms in total. The summed E-state index contributed by atoms with van der Waals surface area (Å²) >= 11 is 0. The molecule has 0 aliphatic carbocycles. The Morgan fingerprint density at radius 1 is 1.11 bits per heavy atom. The zero-order valence-electron chi connectivity index (χ0n) is 23.1. The fourth-order valence-electron chi connectivity index (χ4n) is 4.54. The van der Waals surface area contributed by atoms with Crippen LogP contribution in [0.5, 0.6) is 0 Å². The molecule has 3 N–H and O–H groups in total. The number of hydrogen-bond acceptors (Lipinski definition) is 4. The highest BCUT2D eigenvalue weighted by atomic mass is 16.4. The fourth-order valence-corrected chi connectivity index (χ4v) is 4.54. The standard InChI is InChI=1S/C28H42N4O4/c1-10-32-17-20(19-13-11-12-14-21(19)32)28(6,7)22(29-8)24(33)30-23(27(3,4)5)25(34)31(9)16-15-18(2)26(35)36/h11-15,17,22-23,29H,10,16H2,1-9H3,(H,30,33)(H,35,36)/b18-15+. The number of fused-ring (bicyclic) bond motifs is 1.